The molecule has 1 aliphatic heterocycles. The molecule has 0 spiro atoms. The van der Waals surface area contributed by atoms with Gasteiger partial charge in [-0.25, -0.2) is 4.98 Å². The number of benzene rings is 1. The smallest absolute Gasteiger partial charge is 0.183 e. The Kier molecular flexibility index (Phi) is 5.64. The zero-order valence-corrected chi connectivity index (χ0v) is 16.0. The van der Waals surface area contributed by atoms with Crippen LogP contribution < -0.4 is 10.1 Å². The number of thiazole rings is 1. The average Bonchev–Trinajstić information content (AvgIpc) is 3.21. The van der Waals surface area contributed by atoms with E-state index in [1.54, 1.807) is 18.4 Å². The van der Waals surface area contributed by atoms with Crippen molar-refractivity contribution in [3.63, 3.8) is 0 Å². The molecule has 1 aliphatic rings. The van der Waals surface area contributed by atoms with Gasteiger partial charge in [0.2, 0.25) is 0 Å². The predicted molar refractivity (Wildman–Crippen MR) is 102 cm³/mol. The van der Waals surface area contributed by atoms with Gasteiger partial charge in [-0.1, -0.05) is 18.5 Å². The van der Waals surface area contributed by atoms with Gasteiger partial charge in [0.1, 0.15) is 5.75 Å². The highest BCUT2D eigenvalue weighted by molar-refractivity contribution is 7.16. The van der Waals surface area contributed by atoms with E-state index in [-0.39, 0.29) is 0 Å². The summed E-state index contributed by atoms with van der Waals surface area (Å²) in [6.45, 7) is 4.41. The van der Waals surface area contributed by atoms with Gasteiger partial charge in [-0.15, -0.1) is 11.3 Å². The van der Waals surface area contributed by atoms with Crippen molar-refractivity contribution in [1.82, 2.24) is 9.88 Å². The molecule has 1 aromatic heterocycles. The van der Waals surface area contributed by atoms with Crippen molar-refractivity contribution in [3.05, 3.63) is 28.1 Å². The van der Waals surface area contributed by atoms with Gasteiger partial charge in [-0.2, -0.15) is 0 Å². The minimum absolute atomic E-state index is 0.618. The van der Waals surface area contributed by atoms with Crippen molar-refractivity contribution >= 4 is 28.1 Å². The summed E-state index contributed by atoms with van der Waals surface area (Å²) in [4.78, 5) is 8.65. The molecule has 0 amide bonds. The maximum atomic E-state index is 6.31. The summed E-state index contributed by atoms with van der Waals surface area (Å²) in [5, 5.41) is 4.74. The lowest BCUT2D eigenvalue weighted by Crippen LogP contribution is -2.28. The molecular weight excluding hydrogens is 342 g/mol. The molecule has 2 aromatic rings. The van der Waals surface area contributed by atoms with Crippen molar-refractivity contribution in [2.75, 3.05) is 26.0 Å². The monoisotopic (exact) mass is 365 g/mol. The number of halogens is 1. The van der Waals surface area contributed by atoms with Crippen LogP contribution >= 0.6 is 22.9 Å². The van der Waals surface area contributed by atoms with E-state index in [2.05, 4.69) is 17.1 Å². The average molecular weight is 366 g/mol. The summed E-state index contributed by atoms with van der Waals surface area (Å²) in [7, 11) is 3.55. The Bertz CT molecular complexity index is 704. The minimum atomic E-state index is 0.618. The van der Waals surface area contributed by atoms with Crippen LogP contribution in [0.15, 0.2) is 18.2 Å². The fourth-order valence-electron chi connectivity index (χ4n) is 3.36. The van der Waals surface area contributed by atoms with Crippen LogP contribution in [-0.4, -0.2) is 36.6 Å². The molecule has 1 saturated heterocycles. The van der Waals surface area contributed by atoms with Crippen LogP contribution in [0.4, 0.5) is 5.13 Å². The predicted octanol–water partition coefficient (Wildman–Crippen LogP) is 4.89. The second-order valence-corrected chi connectivity index (χ2v) is 7.56. The van der Waals surface area contributed by atoms with Crippen molar-refractivity contribution in [3.8, 4) is 17.0 Å². The molecule has 2 heterocycles. The number of nitrogens with zero attached hydrogens (tertiary/aromatic N) is 2. The lowest BCUT2D eigenvalue weighted by atomic mass is 10.1. The second kappa shape index (κ2) is 7.72. The zero-order valence-electron chi connectivity index (χ0n) is 14.4. The molecular formula is C18H24ClN3OS. The molecule has 1 unspecified atom stereocenters. The molecule has 0 aliphatic carbocycles. The summed E-state index contributed by atoms with van der Waals surface area (Å²) in [5.41, 5.74) is 2.07. The molecule has 0 saturated carbocycles. The van der Waals surface area contributed by atoms with Gasteiger partial charge in [0.05, 0.1) is 17.8 Å². The van der Waals surface area contributed by atoms with E-state index in [0.29, 0.717) is 16.8 Å². The summed E-state index contributed by atoms with van der Waals surface area (Å²) in [5.74, 6) is 0.691. The molecule has 6 heteroatoms. The molecule has 4 nitrogen and oxygen atoms in total. The van der Waals surface area contributed by atoms with Crippen LogP contribution in [0.1, 0.15) is 31.1 Å². The van der Waals surface area contributed by atoms with Crippen molar-refractivity contribution < 1.29 is 4.74 Å². The van der Waals surface area contributed by atoms with Crippen molar-refractivity contribution in [2.45, 2.75) is 38.8 Å². The quantitative estimate of drug-likeness (QED) is 0.790. The minimum Gasteiger partial charge on any atom is -0.495 e. The standard InChI is InChI=1S/C18H24ClN3OS/c1-4-13-6-5-9-22(13)11-16-17(21-18(20-2)24-16)12-7-8-15(23-3)14(19)10-12/h7-8,10,13H,4-6,9,11H2,1-3H3,(H,20,21). The highest BCUT2D eigenvalue weighted by Gasteiger charge is 2.25. The van der Waals surface area contributed by atoms with Gasteiger partial charge in [0, 0.05) is 30.1 Å². The Hall–Kier alpha value is -1.30. The largest absolute Gasteiger partial charge is 0.495 e. The SMILES string of the molecule is CCC1CCCN1Cc1sc(NC)nc1-c1ccc(OC)c(Cl)c1. The van der Waals surface area contributed by atoms with E-state index in [4.69, 9.17) is 21.3 Å². The second-order valence-electron chi connectivity index (χ2n) is 6.06. The van der Waals surface area contributed by atoms with Crippen LogP contribution in [0.3, 0.4) is 0 Å². The van der Waals surface area contributed by atoms with Crippen LogP contribution in [0.2, 0.25) is 5.02 Å². The third-order valence-electron chi connectivity index (χ3n) is 4.65. The maximum Gasteiger partial charge on any atom is 0.183 e. The molecule has 0 radical (unpaired) electrons. The Morgan fingerprint density at radius 3 is 2.96 bits per heavy atom. The van der Waals surface area contributed by atoms with E-state index >= 15 is 0 Å². The number of rotatable bonds is 6. The number of hydrogen-bond donors (Lipinski definition) is 1. The van der Waals surface area contributed by atoms with E-state index in [9.17, 15) is 0 Å². The number of methoxy groups -OCH3 is 1. The van der Waals surface area contributed by atoms with E-state index < -0.39 is 0 Å². The summed E-state index contributed by atoms with van der Waals surface area (Å²) in [6.07, 6.45) is 3.80. The van der Waals surface area contributed by atoms with E-state index in [1.165, 1.54) is 30.7 Å². The highest BCUT2D eigenvalue weighted by Crippen LogP contribution is 2.36. The summed E-state index contributed by atoms with van der Waals surface area (Å²) < 4.78 is 5.26. The van der Waals surface area contributed by atoms with E-state index in [0.717, 1.165) is 22.9 Å². The van der Waals surface area contributed by atoms with Gasteiger partial charge in [0.25, 0.3) is 0 Å². The van der Waals surface area contributed by atoms with Gasteiger partial charge in [-0.3, -0.25) is 4.90 Å². The molecule has 1 atom stereocenters. The summed E-state index contributed by atoms with van der Waals surface area (Å²) in [6, 6.07) is 6.58. The molecule has 1 aromatic carbocycles. The molecule has 3 rings (SSSR count). The highest BCUT2D eigenvalue weighted by atomic mass is 35.5. The first-order valence-electron chi connectivity index (χ1n) is 8.41. The third-order valence-corrected chi connectivity index (χ3v) is 6.01. The zero-order chi connectivity index (χ0) is 17.1. The first-order valence-corrected chi connectivity index (χ1v) is 9.61. The Morgan fingerprint density at radius 1 is 1.46 bits per heavy atom. The number of ether oxygens (including phenoxy) is 1. The third kappa shape index (κ3) is 3.53. The fraction of sp³-hybridized carbons (Fsp3) is 0.500. The van der Waals surface area contributed by atoms with Crippen LogP contribution in [-0.2, 0) is 6.54 Å². The number of aromatic nitrogens is 1. The van der Waals surface area contributed by atoms with Crippen LogP contribution in [0, 0.1) is 0 Å². The number of likely N-dealkylation sites (tertiary alicyclic amines) is 1. The maximum absolute atomic E-state index is 6.31. The number of hydrogen-bond acceptors (Lipinski definition) is 5. The van der Waals surface area contributed by atoms with Gasteiger partial charge >= 0.3 is 0 Å². The summed E-state index contributed by atoms with van der Waals surface area (Å²) >= 11 is 8.04. The van der Waals surface area contributed by atoms with Gasteiger partial charge in [-0.05, 0) is 44.0 Å². The van der Waals surface area contributed by atoms with Gasteiger partial charge in [0.15, 0.2) is 5.13 Å². The Labute approximate surface area is 152 Å². The lowest BCUT2D eigenvalue weighted by molar-refractivity contribution is 0.242. The number of nitrogens with one attached hydrogen (secondary N) is 1. The molecule has 24 heavy (non-hydrogen) atoms. The lowest BCUT2D eigenvalue weighted by Gasteiger charge is -2.22. The van der Waals surface area contributed by atoms with Crippen LogP contribution in [0.25, 0.3) is 11.3 Å². The number of anilines is 1. The first-order chi connectivity index (χ1) is 11.7. The molecule has 1 fully saturated rings. The molecule has 130 valence electrons. The Morgan fingerprint density at radius 2 is 2.29 bits per heavy atom. The normalized spacial score (nSPS) is 18.1. The molecule has 1 N–H and O–H groups in total. The first kappa shape index (κ1) is 17.5. The Balaban J connectivity index is 1.92. The fourth-order valence-corrected chi connectivity index (χ4v) is 4.58. The topological polar surface area (TPSA) is 37.4 Å². The van der Waals surface area contributed by atoms with Crippen molar-refractivity contribution in [2.24, 2.45) is 0 Å². The van der Waals surface area contributed by atoms with Crippen molar-refractivity contribution in [1.29, 1.82) is 0 Å². The van der Waals surface area contributed by atoms with Crippen LogP contribution in [0.5, 0.6) is 5.75 Å². The molecule has 0 bridgehead atoms. The van der Waals surface area contributed by atoms with Gasteiger partial charge < -0.3 is 10.1 Å². The van der Waals surface area contributed by atoms with E-state index in [1.807, 2.05) is 25.2 Å².